The highest BCUT2D eigenvalue weighted by Crippen LogP contribution is 2.31. The molecule has 2 aliphatic rings. The average Bonchev–Trinajstić information content (AvgIpc) is 2.32. The Balaban J connectivity index is 1.80. The normalized spacial score (nSPS) is 27.2. The Hall–Kier alpha value is -1.15. The van der Waals surface area contributed by atoms with Crippen LogP contribution in [0.4, 0.5) is 4.39 Å². The zero-order valence-electron chi connectivity index (χ0n) is 10.7. The lowest BCUT2D eigenvalue weighted by atomic mass is 9.86. The van der Waals surface area contributed by atoms with Crippen LogP contribution in [0.3, 0.4) is 0 Å². The van der Waals surface area contributed by atoms with Gasteiger partial charge in [0.15, 0.2) is 0 Å². The van der Waals surface area contributed by atoms with Crippen LogP contribution in [-0.2, 0) is 0 Å². The van der Waals surface area contributed by atoms with E-state index in [-0.39, 0.29) is 5.82 Å². The second-order valence-electron chi connectivity index (χ2n) is 5.42. The molecule has 1 aromatic rings. The molecule has 0 spiro atoms. The predicted molar refractivity (Wildman–Crippen MR) is 72.8 cm³/mol. The number of nitrogens with zero attached hydrogens (tertiary/aromatic N) is 1. The first-order valence-corrected chi connectivity index (χ1v) is 7.03. The van der Waals surface area contributed by atoms with E-state index in [9.17, 15) is 4.39 Å². The van der Waals surface area contributed by atoms with Crippen LogP contribution in [0.2, 0.25) is 0 Å². The van der Waals surface area contributed by atoms with Crippen LogP contribution in [0.15, 0.2) is 29.8 Å². The summed E-state index contributed by atoms with van der Waals surface area (Å²) in [4.78, 5) is 2.59. The molecule has 1 aliphatic carbocycles. The number of hydrogen-bond acceptors (Lipinski definition) is 1. The summed E-state index contributed by atoms with van der Waals surface area (Å²) in [6.07, 6.45) is 8.78. The van der Waals surface area contributed by atoms with Crippen molar-refractivity contribution in [3.05, 3.63) is 41.2 Å². The maximum atomic E-state index is 12.9. The molecule has 1 saturated heterocycles. The van der Waals surface area contributed by atoms with E-state index < -0.39 is 0 Å². The topological polar surface area (TPSA) is 3.24 Å². The monoisotopic (exact) mass is 245 g/mol. The lowest BCUT2D eigenvalue weighted by Gasteiger charge is -2.42. The van der Waals surface area contributed by atoms with E-state index >= 15 is 0 Å². The van der Waals surface area contributed by atoms with Crippen molar-refractivity contribution < 1.29 is 4.39 Å². The van der Waals surface area contributed by atoms with Gasteiger partial charge in [-0.25, -0.2) is 4.39 Å². The molecule has 0 N–H and O–H groups in total. The van der Waals surface area contributed by atoms with E-state index in [4.69, 9.17) is 0 Å². The van der Waals surface area contributed by atoms with Crippen molar-refractivity contribution >= 4 is 6.08 Å². The third kappa shape index (κ3) is 2.49. The van der Waals surface area contributed by atoms with Gasteiger partial charge in [-0.2, -0.15) is 0 Å². The molecule has 1 saturated carbocycles. The summed E-state index contributed by atoms with van der Waals surface area (Å²) in [5.74, 6) is -0.153. The van der Waals surface area contributed by atoms with Crippen molar-refractivity contribution in [3.8, 4) is 0 Å². The van der Waals surface area contributed by atoms with E-state index in [0.29, 0.717) is 6.04 Å². The van der Waals surface area contributed by atoms with Crippen molar-refractivity contribution in [2.75, 3.05) is 13.1 Å². The van der Waals surface area contributed by atoms with Gasteiger partial charge >= 0.3 is 0 Å². The van der Waals surface area contributed by atoms with Crippen molar-refractivity contribution in [1.29, 1.82) is 0 Å². The first-order valence-electron chi connectivity index (χ1n) is 7.03. The zero-order chi connectivity index (χ0) is 12.4. The van der Waals surface area contributed by atoms with Gasteiger partial charge in [-0.05, 0) is 56.5 Å². The largest absolute Gasteiger partial charge is 0.297 e. The quantitative estimate of drug-likeness (QED) is 0.764. The van der Waals surface area contributed by atoms with Crippen LogP contribution in [0.5, 0.6) is 0 Å². The van der Waals surface area contributed by atoms with E-state index in [2.05, 4.69) is 11.0 Å². The van der Waals surface area contributed by atoms with Crippen LogP contribution >= 0.6 is 0 Å². The summed E-state index contributed by atoms with van der Waals surface area (Å²) in [5, 5.41) is 0. The van der Waals surface area contributed by atoms with Crippen molar-refractivity contribution in [2.45, 2.75) is 38.1 Å². The van der Waals surface area contributed by atoms with Crippen molar-refractivity contribution in [3.63, 3.8) is 0 Å². The fourth-order valence-corrected chi connectivity index (χ4v) is 3.03. The summed E-state index contributed by atoms with van der Waals surface area (Å²) in [5.41, 5.74) is 2.69. The molecule has 0 amide bonds. The Labute approximate surface area is 108 Å². The molecule has 18 heavy (non-hydrogen) atoms. The van der Waals surface area contributed by atoms with Crippen LogP contribution < -0.4 is 0 Å². The minimum Gasteiger partial charge on any atom is -0.297 e. The summed E-state index contributed by atoms with van der Waals surface area (Å²) in [6, 6.07) is 7.51. The first kappa shape index (κ1) is 11.9. The molecule has 1 unspecified atom stereocenters. The summed E-state index contributed by atoms with van der Waals surface area (Å²) in [7, 11) is 0. The van der Waals surface area contributed by atoms with Crippen LogP contribution in [0.25, 0.3) is 6.08 Å². The van der Waals surface area contributed by atoms with Crippen molar-refractivity contribution in [2.24, 2.45) is 0 Å². The number of likely N-dealkylation sites (tertiary alicyclic amines) is 1. The number of halogens is 1. The maximum Gasteiger partial charge on any atom is 0.123 e. The zero-order valence-corrected chi connectivity index (χ0v) is 10.7. The van der Waals surface area contributed by atoms with Gasteiger partial charge in [0.2, 0.25) is 0 Å². The Morgan fingerprint density at radius 1 is 1.06 bits per heavy atom. The smallest absolute Gasteiger partial charge is 0.123 e. The summed E-state index contributed by atoms with van der Waals surface area (Å²) >= 11 is 0. The minimum absolute atomic E-state index is 0.153. The van der Waals surface area contributed by atoms with Gasteiger partial charge in [0.25, 0.3) is 0 Å². The van der Waals surface area contributed by atoms with Crippen LogP contribution in [-0.4, -0.2) is 24.0 Å². The fourth-order valence-electron chi connectivity index (χ4n) is 3.03. The molecule has 2 fully saturated rings. The summed E-state index contributed by atoms with van der Waals surface area (Å²) < 4.78 is 12.9. The molecule has 96 valence electrons. The minimum atomic E-state index is -0.153. The molecule has 0 radical (unpaired) electrons. The molecule has 1 nitrogen and oxygen atoms in total. The second-order valence-corrected chi connectivity index (χ2v) is 5.42. The van der Waals surface area contributed by atoms with Gasteiger partial charge in [-0.15, -0.1) is 0 Å². The lowest BCUT2D eigenvalue weighted by Crippen LogP contribution is -2.46. The number of rotatable bonds is 2. The highest BCUT2D eigenvalue weighted by Gasteiger charge is 2.28. The van der Waals surface area contributed by atoms with Gasteiger partial charge in [-0.1, -0.05) is 30.2 Å². The highest BCUT2D eigenvalue weighted by molar-refractivity contribution is 5.54. The molecule has 0 bridgehead atoms. The van der Waals surface area contributed by atoms with Gasteiger partial charge in [0, 0.05) is 6.04 Å². The van der Waals surface area contributed by atoms with Gasteiger partial charge in [0.1, 0.15) is 5.82 Å². The van der Waals surface area contributed by atoms with Crippen LogP contribution in [0.1, 0.15) is 37.7 Å². The third-order valence-electron chi connectivity index (χ3n) is 4.17. The molecule has 2 heteroatoms. The van der Waals surface area contributed by atoms with Crippen LogP contribution in [0, 0.1) is 5.82 Å². The molecule has 1 heterocycles. The Morgan fingerprint density at radius 3 is 2.50 bits per heavy atom. The number of benzene rings is 1. The molecule has 1 aliphatic heterocycles. The van der Waals surface area contributed by atoms with E-state index in [1.165, 1.54) is 45.2 Å². The van der Waals surface area contributed by atoms with Gasteiger partial charge in [-0.3, -0.25) is 4.90 Å². The maximum absolute atomic E-state index is 12.9. The fraction of sp³-hybridized carbons (Fsp3) is 0.500. The van der Waals surface area contributed by atoms with E-state index in [0.717, 1.165) is 5.56 Å². The Kier molecular flexibility index (Phi) is 3.46. The van der Waals surface area contributed by atoms with Gasteiger partial charge in [0.05, 0.1) is 0 Å². The Morgan fingerprint density at radius 2 is 1.83 bits per heavy atom. The lowest BCUT2D eigenvalue weighted by molar-refractivity contribution is 0.121. The predicted octanol–water partition coefficient (Wildman–Crippen LogP) is 3.86. The third-order valence-corrected chi connectivity index (χ3v) is 4.17. The second kappa shape index (κ2) is 5.23. The molecular weight excluding hydrogens is 225 g/mol. The van der Waals surface area contributed by atoms with E-state index in [1.54, 1.807) is 17.7 Å². The SMILES string of the molecule is Fc1ccc(C=C2CCCCC2N2CCC2)cc1. The first-order chi connectivity index (χ1) is 8.83. The highest BCUT2D eigenvalue weighted by atomic mass is 19.1. The molecule has 1 aromatic carbocycles. The molecular formula is C16H20FN. The summed E-state index contributed by atoms with van der Waals surface area (Å²) in [6.45, 7) is 2.51. The van der Waals surface area contributed by atoms with Crippen molar-refractivity contribution in [1.82, 2.24) is 4.90 Å². The van der Waals surface area contributed by atoms with Gasteiger partial charge < -0.3 is 0 Å². The van der Waals surface area contributed by atoms with E-state index in [1.807, 2.05) is 12.1 Å². The molecule has 1 atom stereocenters. The number of hydrogen-bond donors (Lipinski definition) is 0. The molecule has 0 aromatic heterocycles. The molecule has 3 rings (SSSR count). The standard InChI is InChI=1S/C16H20FN/c17-15-8-6-13(7-9-15)12-14-4-1-2-5-16(14)18-10-3-11-18/h6-9,12,16H,1-5,10-11H2. The Bertz CT molecular complexity index is 431. The average molecular weight is 245 g/mol.